The molecule has 0 radical (unpaired) electrons. The molecule has 0 bridgehead atoms. The minimum absolute atomic E-state index is 0.240. The Labute approximate surface area is 121 Å². The van der Waals surface area contributed by atoms with Crippen molar-refractivity contribution in [2.45, 2.75) is 58.5 Å². The normalized spacial score (nSPS) is 26.4. The van der Waals surface area contributed by atoms with Crippen LogP contribution in [-0.4, -0.2) is 24.9 Å². The molecule has 0 saturated carbocycles. The topological polar surface area (TPSA) is 53.7 Å². The second kappa shape index (κ2) is 6.95. The van der Waals surface area contributed by atoms with Gasteiger partial charge in [0.15, 0.2) is 0 Å². The lowest BCUT2D eigenvalue weighted by molar-refractivity contribution is -0.106. The molecule has 4 heteroatoms. The number of ether oxygens (including phenoxy) is 3. The number of rotatable bonds is 5. The summed E-state index contributed by atoms with van der Waals surface area (Å²) in [5.74, 6) is 0.856. The van der Waals surface area contributed by atoms with Crippen LogP contribution in [0.15, 0.2) is 18.2 Å². The molecule has 1 aromatic rings. The number of hydrogen-bond donors (Lipinski definition) is 1. The second-order valence-corrected chi connectivity index (χ2v) is 5.46. The SMILES string of the molecule is CCOc1ccc(N)cc1COC1CC(C)OC(C)C1. The Hall–Kier alpha value is -1.26. The zero-order valence-electron chi connectivity index (χ0n) is 12.6. The highest BCUT2D eigenvalue weighted by Crippen LogP contribution is 2.26. The molecule has 4 nitrogen and oxygen atoms in total. The van der Waals surface area contributed by atoms with E-state index < -0.39 is 0 Å². The van der Waals surface area contributed by atoms with E-state index in [1.807, 2.05) is 25.1 Å². The summed E-state index contributed by atoms with van der Waals surface area (Å²) in [7, 11) is 0. The van der Waals surface area contributed by atoms with Gasteiger partial charge in [-0.15, -0.1) is 0 Å². The summed E-state index contributed by atoms with van der Waals surface area (Å²) in [6, 6.07) is 5.69. The largest absolute Gasteiger partial charge is 0.494 e. The van der Waals surface area contributed by atoms with Gasteiger partial charge in [-0.25, -0.2) is 0 Å². The third kappa shape index (κ3) is 4.12. The second-order valence-electron chi connectivity index (χ2n) is 5.46. The number of nitrogen functional groups attached to an aromatic ring is 1. The highest BCUT2D eigenvalue weighted by Gasteiger charge is 2.25. The van der Waals surface area contributed by atoms with Crippen molar-refractivity contribution < 1.29 is 14.2 Å². The number of hydrogen-bond acceptors (Lipinski definition) is 4. The van der Waals surface area contributed by atoms with E-state index in [4.69, 9.17) is 19.9 Å². The average Bonchev–Trinajstić information content (AvgIpc) is 2.38. The molecule has 1 heterocycles. The number of anilines is 1. The predicted molar refractivity (Wildman–Crippen MR) is 79.8 cm³/mol. The van der Waals surface area contributed by atoms with Crippen LogP contribution in [0, 0.1) is 0 Å². The molecule has 1 aromatic carbocycles. The average molecular weight is 279 g/mol. The van der Waals surface area contributed by atoms with Gasteiger partial charge in [0.05, 0.1) is 31.5 Å². The van der Waals surface area contributed by atoms with Crippen LogP contribution in [-0.2, 0) is 16.1 Å². The van der Waals surface area contributed by atoms with E-state index in [0.29, 0.717) is 13.2 Å². The maximum absolute atomic E-state index is 6.04. The Bertz CT molecular complexity index is 426. The third-order valence-corrected chi connectivity index (χ3v) is 3.51. The van der Waals surface area contributed by atoms with Crippen molar-refractivity contribution in [3.63, 3.8) is 0 Å². The molecule has 2 N–H and O–H groups in total. The molecule has 0 spiro atoms. The van der Waals surface area contributed by atoms with Crippen LogP contribution in [0.4, 0.5) is 5.69 Å². The molecule has 1 aliphatic rings. The zero-order chi connectivity index (χ0) is 14.5. The van der Waals surface area contributed by atoms with Crippen LogP contribution >= 0.6 is 0 Å². The minimum atomic E-state index is 0.240. The zero-order valence-corrected chi connectivity index (χ0v) is 12.6. The molecule has 1 saturated heterocycles. The van der Waals surface area contributed by atoms with Crippen molar-refractivity contribution in [1.82, 2.24) is 0 Å². The van der Waals surface area contributed by atoms with Gasteiger partial charge in [-0.1, -0.05) is 0 Å². The summed E-state index contributed by atoms with van der Waals surface area (Å²) in [6.45, 7) is 7.34. The van der Waals surface area contributed by atoms with Crippen LogP contribution in [0.5, 0.6) is 5.75 Å². The number of nitrogens with two attached hydrogens (primary N) is 1. The lowest BCUT2D eigenvalue weighted by atomic mass is 10.0. The van der Waals surface area contributed by atoms with Crippen LogP contribution in [0.2, 0.25) is 0 Å². The molecule has 112 valence electrons. The van der Waals surface area contributed by atoms with E-state index in [0.717, 1.165) is 29.8 Å². The van der Waals surface area contributed by atoms with Crippen molar-refractivity contribution in [3.8, 4) is 5.75 Å². The van der Waals surface area contributed by atoms with Crippen molar-refractivity contribution in [1.29, 1.82) is 0 Å². The molecule has 0 aliphatic carbocycles. The fraction of sp³-hybridized carbons (Fsp3) is 0.625. The standard InChI is InChI=1S/C16H25NO3/c1-4-18-16-6-5-14(17)9-13(16)10-19-15-7-11(2)20-12(3)8-15/h5-6,9,11-12,15H,4,7-8,10,17H2,1-3H3. The first-order chi connectivity index (χ1) is 9.58. The fourth-order valence-corrected chi connectivity index (χ4v) is 2.70. The fourth-order valence-electron chi connectivity index (χ4n) is 2.70. The Balaban J connectivity index is 1.97. The summed E-state index contributed by atoms with van der Waals surface area (Å²) in [4.78, 5) is 0. The molecule has 0 amide bonds. The molecule has 1 fully saturated rings. The van der Waals surface area contributed by atoms with Gasteiger partial charge >= 0.3 is 0 Å². The lowest BCUT2D eigenvalue weighted by Crippen LogP contribution is -2.34. The van der Waals surface area contributed by atoms with E-state index >= 15 is 0 Å². The minimum Gasteiger partial charge on any atom is -0.494 e. The van der Waals surface area contributed by atoms with Gasteiger partial charge in [0.25, 0.3) is 0 Å². The summed E-state index contributed by atoms with van der Waals surface area (Å²) < 4.78 is 17.4. The Morgan fingerprint density at radius 2 is 1.95 bits per heavy atom. The lowest BCUT2D eigenvalue weighted by Gasteiger charge is -2.32. The van der Waals surface area contributed by atoms with E-state index in [2.05, 4.69) is 13.8 Å². The highest BCUT2D eigenvalue weighted by molar-refractivity contribution is 5.47. The molecule has 2 unspecified atom stereocenters. The molecule has 20 heavy (non-hydrogen) atoms. The Morgan fingerprint density at radius 3 is 2.60 bits per heavy atom. The van der Waals surface area contributed by atoms with Gasteiger partial charge in [0.2, 0.25) is 0 Å². The van der Waals surface area contributed by atoms with Gasteiger partial charge in [-0.2, -0.15) is 0 Å². The Morgan fingerprint density at radius 1 is 1.25 bits per heavy atom. The summed E-state index contributed by atoms with van der Waals surface area (Å²) >= 11 is 0. The van der Waals surface area contributed by atoms with E-state index in [1.165, 1.54) is 0 Å². The first-order valence-corrected chi connectivity index (χ1v) is 7.36. The number of benzene rings is 1. The smallest absolute Gasteiger partial charge is 0.124 e. The molecule has 2 atom stereocenters. The predicted octanol–water partition coefficient (Wildman–Crippen LogP) is 3.14. The highest BCUT2D eigenvalue weighted by atomic mass is 16.5. The quantitative estimate of drug-likeness (QED) is 0.841. The van der Waals surface area contributed by atoms with Gasteiger partial charge in [0.1, 0.15) is 5.75 Å². The van der Waals surface area contributed by atoms with Crippen molar-refractivity contribution in [3.05, 3.63) is 23.8 Å². The maximum Gasteiger partial charge on any atom is 0.124 e. The van der Waals surface area contributed by atoms with Crippen molar-refractivity contribution in [2.24, 2.45) is 0 Å². The van der Waals surface area contributed by atoms with Crippen molar-refractivity contribution in [2.75, 3.05) is 12.3 Å². The Kier molecular flexibility index (Phi) is 5.26. The summed E-state index contributed by atoms with van der Waals surface area (Å²) in [5, 5.41) is 0. The molecule has 2 rings (SSSR count). The monoisotopic (exact) mass is 279 g/mol. The summed E-state index contributed by atoms with van der Waals surface area (Å²) in [6.07, 6.45) is 2.64. The summed E-state index contributed by atoms with van der Waals surface area (Å²) in [5.41, 5.74) is 7.59. The molecule has 0 aromatic heterocycles. The molecular formula is C16H25NO3. The van der Waals surface area contributed by atoms with Crippen molar-refractivity contribution >= 4 is 5.69 Å². The van der Waals surface area contributed by atoms with E-state index in [1.54, 1.807) is 0 Å². The maximum atomic E-state index is 6.04. The molecule has 1 aliphatic heterocycles. The van der Waals surface area contributed by atoms with E-state index in [-0.39, 0.29) is 18.3 Å². The van der Waals surface area contributed by atoms with Crippen LogP contribution in [0.25, 0.3) is 0 Å². The van der Waals surface area contributed by atoms with E-state index in [9.17, 15) is 0 Å². The molecular weight excluding hydrogens is 254 g/mol. The first-order valence-electron chi connectivity index (χ1n) is 7.36. The van der Waals surface area contributed by atoms with Gasteiger partial charge in [-0.05, 0) is 51.8 Å². The van der Waals surface area contributed by atoms with Gasteiger partial charge in [0, 0.05) is 11.3 Å². The van der Waals surface area contributed by atoms with Crippen LogP contribution in [0.3, 0.4) is 0 Å². The first kappa shape index (κ1) is 15.1. The van der Waals surface area contributed by atoms with Crippen LogP contribution in [0.1, 0.15) is 39.2 Å². The third-order valence-electron chi connectivity index (χ3n) is 3.51. The van der Waals surface area contributed by atoms with Gasteiger partial charge in [-0.3, -0.25) is 0 Å². The van der Waals surface area contributed by atoms with Crippen LogP contribution < -0.4 is 10.5 Å². The van der Waals surface area contributed by atoms with Gasteiger partial charge < -0.3 is 19.9 Å².